The van der Waals surface area contributed by atoms with Crippen molar-refractivity contribution >= 4 is 0 Å². The lowest BCUT2D eigenvalue weighted by Crippen LogP contribution is -1.97. The smallest absolute Gasteiger partial charge is 0.0459 e. The Labute approximate surface area is 88.9 Å². The van der Waals surface area contributed by atoms with E-state index in [-0.39, 0.29) is 0 Å². The molecule has 2 aliphatic rings. The van der Waals surface area contributed by atoms with Crippen LogP contribution in [0.5, 0.6) is 0 Å². The molecule has 14 heavy (non-hydrogen) atoms. The average Bonchev–Trinajstić information content (AvgIpc) is 2.92. The zero-order chi connectivity index (χ0) is 10.2. The molecule has 2 aliphatic carbocycles. The van der Waals surface area contributed by atoms with E-state index in [9.17, 15) is 0 Å². The predicted octanol–water partition coefficient (Wildman–Crippen LogP) is 3.76. The maximum absolute atomic E-state index is 8.57. The number of hydrogen-bond donors (Lipinski definition) is 1. The molecule has 84 valence electrons. The number of aliphatic hydroxyl groups excluding tert-OH is 1. The Bertz CT molecular complexity index is 105. The molecular formula is C13H26O. The third-order valence-electron chi connectivity index (χ3n) is 3.79. The molecule has 0 unspecified atom stereocenters. The number of hydrogen-bond acceptors (Lipinski definition) is 1. The molecule has 0 aromatic heterocycles. The van der Waals surface area contributed by atoms with Gasteiger partial charge in [-0.25, -0.2) is 0 Å². The van der Waals surface area contributed by atoms with Gasteiger partial charge in [-0.15, -0.1) is 0 Å². The minimum absolute atomic E-state index is 0.417. The average molecular weight is 198 g/mol. The quantitative estimate of drug-likeness (QED) is 0.716. The van der Waals surface area contributed by atoms with Crippen molar-refractivity contribution in [3.63, 3.8) is 0 Å². The largest absolute Gasteiger partial charge is 0.396 e. The van der Waals surface area contributed by atoms with E-state index in [4.69, 9.17) is 5.11 Å². The monoisotopic (exact) mass is 198 g/mol. The van der Waals surface area contributed by atoms with E-state index in [2.05, 4.69) is 6.92 Å². The number of rotatable bonds is 2. The van der Waals surface area contributed by atoms with Crippen molar-refractivity contribution in [2.24, 2.45) is 11.8 Å². The molecule has 1 nitrogen and oxygen atoms in total. The van der Waals surface area contributed by atoms with Gasteiger partial charge in [0.25, 0.3) is 0 Å². The topological polar surface area (TPSA) is 20.2 Å². The Morgan fingerprint density at radius 2 is 1.29 bits per heavy atom. The van der Waals surface area contributed by atoms with Crippen LogP contribution in [-0.4, -0.2) is 11.7 Å². The fourth-order valence-electron chi connectivity index (χ4n) is 2.61. The summed E-state index contributed by atoms with van der Waals surface area (Å²) in [5, 5.41) is 8.57. The van der Waals surface area contributed by atoms with Gasteiger partial charge in [-0.3, -0.25) is 0 Å². The van der Waals surface area contributed by atoms with Crippen LogP contribution in [-0.2, 0) is 0 Å². The summed E-state index contributed by atoms with van der Waals surface area (Å²) in [5.74, 6) is 1.75. The molecule has 2 fully saturated rings. The first-order valence-corrected chi connectivity index (χ1v) is 6.47. The summed E-state index contributed by atoms with van der Waals surface area (Å²) in [6.07, 6.45) is 12.6. The summed E-state index contributed by atoms with van der Waals surface area (Å²) in [6, 6.07) is 0. The lowest BCUT2D eigenvalue weighted by Gasteiger charge is -1.99. The van der Waals surface area contributed by atoms with Gasteiger partial charge in [0.15, 0.2) is 0 Å². The third-order valence-corrected chi connectivity index (χ3v) is 3.79. The fraction of sp³-hybridized carbons (Fsp3) is 1.00. The van der Waals surface area contributed by atoms with Crippen molar-refractivity contribution in [2.45, 2.75) is 64.7 Å². The highest BCUT2D eigenvalue weighted by Crippen LogP contribution is 2.26. The van der Waals surface area contributed by atoms with Crippen LogP contribution in [0.25, 0.3) is 0 Å². The van der Waals surface area contributed by atoms with Gasteiger partial charge in [-0.2, -0.15) is 0 Å². The van der Waals surface area contributed by atoms with Crippen LogP contribution < -0.4 is 0 Å². The van der Waals surface area contributed by atoms with Crippen molar-refractivity contribution in [2.75, 3.05) is 6.61 Å². The van der Waals surface area contributed by atoms with E-state index < -0.39 is 0 Å². The molecular weight excluding hydrogens is 172 g/mol. The lowest BCUT2D eigenvalue weighted by molar-refractivity contribution is 0.230. The molecule has 0 spiro atoms. The summed E-state index contributed by atoms with van der Waals surface area (Å²) in [6.45, 7) is 2.72. The SMILES string of the molecule is CCC1CCCC1.OCC1CCCC1. The van der Waals surface area contributed by atoms with E-state index >= 15 is 0 Å². The van der Waals surface area contributed by atoms with Crippen molar-refractivity contribution < 1.29 is 5.11 Å². The van der Waals surface area contributed by atoms with E-state index in [1.165, 1.54) is 57.8 Å². The summed E-state index contributed by atoms with van der Waals surface area (Å²) in [4.78, 5) is 0. The zero-order valence-corrected chi connectivity index (χ0v) is 9.67. The van der Waals surface area contributed by atoms with Crippen LogP contribution >= 0.6 is 0 Å². The Morgan fingerprint density at radius 3 is 1.50 bits per heavy atom. The Kier molecular flexibility index (Phi) is 6.25. The Balaban J connectivity index is 0.000000140. The third kappa shape index (κ3) is 4.45. The van der Waals surface area contributed by atoms with Crippen LogP contribution in [0.3, 0.4) is 0 Å². The molecule has 1 N–H and O–H groups in total. The first-order valence-electron chi connectivity index (χ1n) is 6.47. The van der Waals surface area contributed by atoms with E-state index in [0.717, 1.165) is 5.92 Å². The fourth-order valence-corrected chi connectivity index (χ4v) is 2.61. The Hall–Kier alpha value is -0.0400. The van der Waals surface area contributed by atoms with Gasteiger partial charge in [-0.05, 0) is 24.7 Å². The molecule has 0 saturated heterocycles. The standard InChI is InChI=1S/C7H14.C6H12O/c1-2-7-5-3-4-6-7;7-5-6-3-1-2-4-6/h7H,2-6H2,1H3;6-7H,1-5H2. The zero-order valence-electron chi connectivity index (χ0n) is 9.67. The molecule has 0 heterocycles. The molecule has 2 rings (SSSR count). The van der Waals surface area contributed by atoms with Crippen molar-refractivity contribution in [1.29, 1.82) is 0 Å². The van der Waals surface area contributed by atoms with Gasteiger partial charge in [-0.1, -0.05) is 51.9 Å². The molecule has 2 saturated carbocycles. The molecule has 0 radical (unpaired) electrons. The van der Waals surface area contributed by atoms with Crippen molar-refractivity contribution in [1.82, 2.24) is 0 Å². The number of aliphatic hydroxyl groups is 1. The normalized spacial score (nSPS) is 23.6. The van der Waals surface area contributed by atoms with E-state index in [1.54, 1.807) is 0 Å². The summed E-state index contributed by atoms with van der Waals surface area (Å²) < 4.78 is 0. The second-order valence-electron chi connectivity index (χ2n) is 4.89. The second-order valence-corrected chi connectivity index (χ2v) is 4.89. The van der Waals surface area contributed by atoms with Crippen LogP contribution in [0.2, 0.25) is 0 Å². The predicted molar refractivity (Wildman–Crippen MR) is 61.3 cm³/mol. The van der Waals surface area contributed by atoms with Crippen LogP contribution in [0.4, 0.5) is 0 Å². The minimum Gasteiger partial charge on any atom is -0.396 e. The Morgan fingerprint density at radius 1 is 0.857 bits per heavy atom. The lowest BCUT2D eigenvalue weighted by atomic mass is 10.1. The summed E-state index contributed by atoms with van der Waals surface area (Å²) >= 11 is 0. The molecule has 0 aromatic rings. The molecule has 0 atom stereocenters. The van der Waals surface area contributed by atoms with Crippen molar-refractivity contribution in [3.8, 4) is 0 Å². The molecule has 0 aliphatic heterocycles. The molecule has 0 bridgehead atoms. The first-order chi connectivity index (χ1) is 6.86. The molecule has 0 aromatic carbocycles. The van der Waals surface area contributed by atoms with Gasteiger partial charge in [0.1, 0.15) is 0 Å². The maximum atomic E-state index is 8.57. The van der Waals surface area contributed by atoms with Crippen LogP contribution in [0.15, 0.2) is 0 Å². The van der Waals surface area contributed by atoms with Gasteiger partial charge >= 0.3 is 0 Å². The van der Waals surface area contributed by atoms with Crippen LogP contribution in [0, 0.1) is 11.8 Å². The summed E-state index contributed by atoms with van der Waals surface area (Å²) in [5.41, 5.74) is 0. The minimum atomic E-state index is 0.417. The highest BCUT2D eigenvalue weighted by atomic mass is 16.3. The molecule has 0 amide bonds. The van der Waals surface area contributed by atoms with E-state index in [0.29, 0.717) is 12.5 Å². The van der Waals surface area contributed by atoms with Gasteiger partial charge in [0.2, 0.25) is 0 Å². The highest BCUT2D eigenvalue weighted by molar-refractivity contribution is 4.65. The van der Waals surface area contributed by atoms with E-state index in [1.807, 2.05) is 0 Å². The van der Waals surface area contributed by atoms with Crippen LogP contribution in [0.1, 0.15) is 64.7 Å². The second kappa shape index (κ2) is 7.28. The van der Waals surface area contributed by atoms with Gasteiger partial charge < -0.3 is 5.11 Å². The van der Waals surface area contributed by atoms with Crippen molar-refractivity contribution in [3.05, 3.63) is 0 Å². The maximum Gasteiger partial charge on any atom is 0.0459 e. The van der Waals surface area contributed by atoms with Gasteiger partial charge in [0, 0.05) is 6.61 Å². The van der Waals surface area contributed by atoms with Gasteiger partial charge in [0.05, 0.1) is 0 Å². The first kappa shape index (κ1) is 12.0. The highest BCUT2D eigenvalue weighted by Gasteiger charge is 2.12. The molecule has 1 heteroatoms. The summed E-state index contributed by atoms with van der Waals surface area (Å²) in [7, 11) is 0.